The van der Waals surface area contributed by atoms with Crippen LogP contribution in [0, 0.1) is 0 Å². The van der Waals surface area contributed by atoms with Gasteiger partial charge in [0.15, 0.2) is 0 Å². The van der Waals surface area contributed by atoms with Gasteiger partial charge < -0.3 is 0 Å². The van der Waals surface area contributed by atoms with E-state index in [1.54, 1.807) is 41.1 Å². The van der Waals surface area contributed by atoms with Crippen molar-refractivity contribution in [2.75, 3.05) is 0 Å². The monoisotopic (exact) mass is 477 g/mol. The third-order valence-corrected chi connectivity index (χ3v) is 6.26. The summed E-state index contributed by atoms with van der Waals surface area (Å²) in [7, 11) is -3.80. The summed E-state index contributed by atoms with van der Waals surface area (Å²) >= 11 is 18.8. The van der Waals surface area contributed by atoms with Crippen LogP contribution in [0.25, 0.3) is 28.2 Å². The molecule has 0 aliphatic carbocycles. The van der Waals surface area contributed by atoms with Crippen LogP contribution >= 0.6 is 34.8 Å². The van der Waals surface area contributed by atoms with Crippen molar-refractivity contribution >= 4 is 44.8 Å². The van der Waals surface area contributed by atoms with Gasteiger partial charge in [0.25, 0.3) is 0 Å². The first-order valence-corrected chi connectivity index (χ1v) is 11.4. The molecule has 1 aromatic heterocycles. The first-order valence-electron chi connectivity index (χ1n) is 8.68. The summed E-state index contributed by atoms with van der Waals surface area (Å²) in [4.78, 5) is 0.00970. The molecule has 0 fully saturated rings. The average molecular weight is 479 g/mol. The lowest BCUT2D eigenvalue weighted by Crippen LogP contribution is -2.12. The second-order valence-electron chi connectivity index (χ2n) is 6.48. The largest absolute Gasteiger partial charge is 0.238 e. The predicted molar refractivity (Wildman–Crippen MR) is 121 cm³/mol. The maximum Gasteiger partial charge on any atom is 0.238 e. The molecule has 9 heteroatoms. The number of nitrogens with two attached hydrogens (primary N) is 1. The van der Waals surface area contributed by atoms with Gasteiger partial charge in [-0.1, -0.05) is 59.1 Å². The molecule has 0 amide bonds. The molecule has 2 N–H and O–H groups in total. The van der Waals surface area contributed by atoms with Gasteiger partial charge in [0.05, 0.1) is 21.3 Å². The van der Waals surface area contributed by atoms with Crippen molar-refractivity contribution in [3.8, 4) is 28.2 Å². The summed E-state index contributed by atoms with van der Waals surface area (Å²) in [6.45, 7) is 0. The topological polar surface area (TPSA) is 78.0 Å². The van der Waals surface area contributed by atoms with E-state index in [0.29, 0.717) is 32.1 Å². The maximum absolute atomic E-state index is 11.6. The molecule has 152 valence electrons. The molecule has 1 heterocycles. The Morgan fingerprint density at radius 1 is 0.733 bits per heavy atom. The van der Waals surface area contributed by atoms with E-state index in [2.05, 4.69) is 0 Å². The molecule has 0 aliphatic rings. The molecule has 4 aromatic rings. The zero-order valence-corrected chi connectivity index (χ0v) is 18.3. The van der Waals surface area contributed by atoms with Gasteiger partial charge in [-0.25, -0.2) is 18.2 Å². The number of aromatic nitrogens is 2. The van der Waals surface area contributed by atoms with E-state index in [1.165, 1.54) is 12.1 Å². The van der Waals surface area contributed by atoms with E-state index < -0.39 is 10.0 Å². The van der Waals surface area contributed by atoms with E-state index in [4.69, 9.17) is 45.0 Å². The van der Waals surface area contributed by atoms with Gasteiger partial charge >= 0.3 is 0 Å². The SMILES string of the molecule is NS(=O)(=O)c1ccc(-n2nc(-c3ccc(Cl)cc3)c(Cl)c2-c2ccc(Cl)cc2)cc1. The number of halogens is 3. The van der Waals surface area contributed by atoms with Gasteiger partial charge in [0.2, 0.25) is 10.0 Å². The van der Waals surface area contributed by atoms with Crippen molar-refractivity contribution in [3.63, 3.8) is 0 Å². The zero-order chi connectivity index (χ0) is 21.5. The van der Waals surface area contributed by atoms with Crippen molar-refractivity contribution in [3.05, 3.63) is 87.9 Å². The second-order valence-corrected chi connectivity index (χ2v) is 9.29. The minimum Gasteiger partial charge on any atom is -0.231 e. The molecule has 0 bridgehead atoms. The van der Waals surface area contributed by atoms with Crippen molar-refractivity contribution in [2.24, 2.45) is 5.14 Å². The lowest BCUT2D eigenvalue weighted by atomic mass is 10.1. The van der Waals surface area contributed by atoms with Crippen LogP contribution in [0.5, 0.6) is 0 Å². The number of benzene rings is 3. The molecular weight excluding hydrogens is 465 g/mol. The van der Waals surface area contributed by atoms with Crippen LogP contribution in [0.2, 0.25) is 15.1 Å². The molecule has 0 saturated heterocycles. The summed E-state index contributed by atoms with van der Waals surface area (Å²) in [5.41, 5.74) is 3.41. The quantitative estimate of drug-likeness (QED) is 0.402. The Hall–Kier alpha value is -2.35. The van der Waals surface area contributed by atoms with Gasteiger partial charge in [-0.3, -0.25) is 0 Å². The van der Waals surface area contributed by atoms with Crippen molar-refractivity contribution < 1.29 is 8.42 Å². The highest BCUT2D eigenvalue weighted by molar-refractivity contribution is 7.89. The number of primary sulfonamides is 1. The standard InChI is InChI=1S/C21H14Cl3N3O2S/c22-15-5-1-13(2-6-15)20-19(24)21(14-3-7-16(23)8-4-14)27(26-20)17-9-11-18(12-10-17)30(25,28)29/h1-12H,(H2,25,28,29). The maximum atomic E-state index is 11.6. The predicted octanol–water partition coefficient (Wildman–Crippen LogP) is 5.81. The number of hydrogen-bond acceptors (Lipinski definition) is 3. The number of sulfonamides is 1. The summed E-state index contributed by atoms with van der Waals surface area (Å²) < 4.78 is 24.8. The summed E-state index contributed by atoms with van der Waals surface area (Å²) in [5.74, 6) is 0. The molecule has 0 atom stereocenters. The van der Waals surface area contributed by atoms with Gasteiger partial charge in [-0.05, 0) is 48.5 Å². The Kier molecular flexibility index (Phi) is 5.61. The summed E-state index contributed by atoms with van der Waals surface area (Å²) in [6.07, 6.45) is 0. The minimum absolute atomic E-state index is 0.00970. The molecule has 4 rings (SSSR count). The van der Waals surface area contributed by atoms with Crippen LogP contribution in [0.3, 0.4) is 0 Å². The third kappa shape index (κ3) is 4.10. The molecule has 5 nitrogen and oxygen atoms in total. The molecule has 0 saturated carbocycles. The molecule has 0 radical (unpaired) electrons. The second kappa shape index (κ2) is 8.06. The first-order chi connectivity index (χ1) is 14.2. The molecule has 0 unspecified atom stereocenters. The summed E-state index contributed by atoms with van der Waals surface area (Å²) in [6, 6.07) is 20.5. The fourth-order valence-electron chi connectivity index (χ4n) is 3.01. The Balaban J connectivity index is 1.93. The number of hydrogen-bond donors (Lipinski definition) is 1. The van der Waals surface area contributed by atoms with Crippen molar-refractivity contribution in [2.45, 2.75) is 4.90 Å². The van der Waals surface area contributed by atoms with Crippen LogP contribution in [0.1, 0.15) is 0 Å². The van der Waals surface area contributed by atoms with E-state index in [9.17, 15) is 8.42 Å². The van der Waals surface area contributed by atoms with Crippen LogP contribution < -0.4 is 5.14 Å². The smallest absolute Gasteiger partial charge is 0.231 e. The molecule has 30 heavy (non-hydrogen) atoms. The zero-order valence-electron chi connectivity index (χ0n) is 15.3. The minimum atomic E-state index is -3.80. The molecule has 0 spiro atoms. The average Bonchev–Trinajstić information content (AvgIpc) is 3.06. The first kappa shape index (κ1) is 20.9. The summed E-state index contributed by atoms with van der Waals surface area (Å²) in [5, 5.41) is 11.5. The van der Waals surface area contributed by atoms with Crippen molar-refractivity contribution in [1.29, 1.82) is 0 Å². The van der Waals surface area contributed by atoms with E-state index in [-0.39, 0.29) is 4.90 Å². The molecule has 0 aliphatic heterocycles. The Labute approximate surface area is 188 Å². The molecule has 3 aromatic carbocycles. The Morgan fingerprint density at radius 2 is 1.23 bits per heavy atom. The Bertz CT molecular complexity index is 1320. The molecular formula is C21H14Cl3N3O2S. The third-order valence-electron chi connectivity index (χ3n) is 4.47. The van der Waals surface area contributed by atoms with Crippen LogP contribution in [-0.2, 0) is 10.0 Å². The van der Waals surface area contributed by atoms with Crippen molar-refractivity contribution in [1.82, 2.24) is 9.78 Å². The lowest BCUT2D eigenvalue weighted by molar-refractivity contribution is 0.598. The van der Waals surface area contributed by atoms with E-state index >= 15 is 0 Å². The van der Waals surface area contributed by atoms with Gasteiger partial charge in [-0.2, -0.15) is 5.10 Å². The lowest BCUT2D eigenvalue weighted by Gasteiger charge is -2.09. The highest BCUT2D eigenvalue weighted by atomic mass is 35.5. The van der Waals surface area contributed by atoms with Crippen LogP contribution in [0.15, 0.2) is 77.7 Å². The highest BCUT2D eigenvalue weighted by Crippen LogP contribution is 2.38. The normalized spacial score (nSPS) is 11.6. The fourth-order valence-corrected chi connectivity index (χ4v) is 4.12. The Morgan fingerprint density at radius 3 is 1.73 bits per heavy atom. The highest BCUT2D eigenvalue weighted by Gasteiger charge is 2.21. The number of rotatable bonds is 4. The van der Waals surface area contributed by atoms with Gasteiger partial charge in [-0.15, -0.1) is 0 Å². The van der Waals surface area contributed by atoms with E-state index in [0.717, 1.165) is 11.1 Å². The van der Waals surface area contributed by atoms with Gasteiger partial charge in [0.1, 0.15) is 5.69 Å². The fraction of sp³-hybridized carbons (Fsp3) is 0. The van der Waals surface area contributed by atoms with Gasteiger partial charge in [0, 0.05) is 21.2 Å². The van der Waals surface area contributed by atoms with Crippen LogP contribution in [-0.4, -0.2) is 18.2 Å². The van der Waals surface area contributed by atoms with E-state index in [1.807, 2.05) is 24.3 Å². The van der Waals surface area contributed by atoms with Crippen LogP contribution in [0.4, 0.5) is 0 Å². The number of nitrogens with zero attached hydrogens (tertiary/aromatic N) is 2.